The Morgan fingerprint density at radius 2 is 1.62 bits per heavy atom. The Labute approximate surface area is 49.9 Å². The fraction of sp³-hybridized carbons (Fsp3) is 0.800. The van der Waals surface area contributed by atoms with E-state index >= 15 is 0 Å². The van der Waals surface area contributed by atoms with Gasteiger partial charge in [-0.15, -0.1) is 0 Å². The molecule has 0 fully saturated rings. The average Bonchev–Trinajstić information content (AvgIpc) is 1.21. The van der Waals surface area contributed by atoms with Gasteiger partial charge in [-0.2, -0.15) is 11.7 Å². The molecule has 0 aliphatic carbocycles. The Morgan fingerprint density at radius 1 is 1.25 bits per heavy atom. The van der Waals surface area contributed by atoms with Crippen molar-refractivity contribution < 1.29 is 4.79 Å². The van der Waals surface area contributed by atoms with Crippen LogP contribution in [0.2, 0.25) is 0 Å². The lowest BCUT2D eigenvalue weighted by Crippen LogP contribution is -2.32. The molecule has 0 aromatic carbocycles. The topological polar surface area (TPSA) is 55.0 Å². The molecule has 0 saturated heterocycles. The standard InChI is InChI=1S/C5H14N3/c1-5(2,3)4-8(6)7/h4H,6-7H2,1-3H3/q+1. The number of hydrazone groups is 2. The molecule has 0 aliphatic rings. The summed E-state index contributed by atoms with van der Waals surface area (Å²) in [6, 6.07) is 0. The quantitative estimate of drug-likeness (QED) is 0.200. The summed E-state index contributed by atoms with van der Waals surface area (Å²) in [5.41, 5.74) is 0.0729. The molecule has 0 spiro atoms. The summed E-state index contributed by atoms with van der Waals surface area (Å²) in [5, 5.41) is 0. The average molecular weight is 116 g/mol. The second-order valence-corrected chi connectivity index (χ2v) is 2.94. The molecule has 0 atom stereocenters. The first kappa shape index (κ1) is 7.27. The summed E-state index contributed by atoms with van der Waals surface area (Å²) in [4.78, 5) is 1.08. The van der Waals surface area contributed by atoms with Crippen molar-refractivity contribution in [2.75, 3.05) is 0 Å². The number of rotatable bonds is 0. The molecule has 0 aromatic rings. The van der Waals surface area contributed by atoms with E-state index in [0.29, 0.717) is 0 Å². The maximum absolute atomic E-state index is 5.13. The van der Waals surface area contributed by atoms with Gasteiger partial charge in [-0.1, -0.05) is 20.8 Å². The summed E-state index contributed by atoms with van der Waals surface area (Å²) < 4.78 is 0. The van der Waals surface area contributed by atoms with Crippen LogP contribution in [0, 0.1) is 5.41 Å². The van der Waals surface area contributed by atoms with Crippen LogP contribution in [0.15, 0.2) is 0 Å². The van der Waals surface area contributed by atoms with Crippen molar-refractivity contribution in [3.8, 4) is 0 Å². The number of hydrogen-bond donors (Lipinski definition) is 2. The van der Waals surface area contributed by atoms with E-state index < -0.39 is 0 Å². The van der Waals surface area contributed by atoms with Gasteiger partial charge in [0.05, 0.1) is 0 Å². The SMILES string of the molecule is CC(C)(C)C=[N+](N)N. The minimum absolute atomic E-state index is 0.0729. The zero-order valence-electron chi connectivity index (χ0n) is 5.68. The van der Waals surface area contributed by atoms with Crippen LogP contribution < -0.4 is 11.7 Å². The van der Waals surface area contributed by atoms with E-state index in [1.807, 2.05) is 20.8 Å². The first-order chi connectivity index (χ1) is 3.42. The fourth-order valence-electron chi connectivity index (χ4n) is 0.447. The van der Waals surface area contributed by atoms with E-state index in [-0.39, 0.29) is 5.41 Å². The Balaban J connectivity index is 3.89. The van der Waals surface area contributed by atoms with E-state index in [2.05, 4.69) is 0 Å². The third-order valence-corrected chi connectivity index (χ3v) is 0.536. The molecular weight excluding hydrogens is 102 g/mol. The predicted molar refractivity (Wildman–Crippen MR) is 34.2 cm³/mol. The molecule has 48 valence electrons. The van der Waals surface area contributed by atoms with Gasteiger partial charge in [-0.3, -0.25) is 0 Å². The summed E-state index contributed by atoms with van der Waals surface area (Å²) in [5.74, 6) is 10.3. The molecule has 0 saturated carbocycles. The molecule has 8 heavy (non-hydrogen) atoms. The largest absolute Gasteiger partial charge is 0.209 e. The fourth-order valence-corrected chi connectivity index (χ4v) is 0.447. The van der Waals surface area contributed by atoms with Gasteiger partial charge in [0.1, 0.15) is 0 Å². The van der Waals surface area contributed by atoms with Crippen LogP contribution in [0.4, 0.5) is 0 Å². The normalized spacial score (nSPS) is 10.9. The van der Waals surface area contributed by atoms with Gasteiger partial charge in [0.2, 0.25) is 6.21 Å². The molecule has 0 aliphatic heterocycles. The molecule has 3 heteroatoms. The molecule has 0 heterocycles. The van der Waals surface area contributed by atoms with Crippen molar-refractivity contribution in [2.24, 2.45) is 17.1 Å². The highest BCUT2D eigenvalue weighted by Gasteiger charge is 2.11. The highest BCUT2D eigenvalue weighted by atomic mass is 15.5. The molecule has 4 N–H and O–H groups in total. The van der Waals surface area contributed by atoms with Gasteiger partial charge in [0, 0.05) is 5.41 Å². The van der Waals surface area contributed by atoms with Crippen molar-refractivity contribution in [1.82, 2.24) is 0 Å². The maximum atomic E-state index is 5.13. The van der Waals surface area contributed by atoms with Crippen LogP contribution in [-0.4, -0.2) is 11.0 Å². The maximum Gasteiger partial charge on any atom is 0.209 e. The Kier molecular flexibility index (Phi) is 1.84. The third kappa shape index (κ3) is 5.27. The van der Waals surface area contributed by atoms with Gasteiger partial charge in [-0.25, -0.2) is 0 Å². The summed E-state index contributed by atoms with van der Waals surface area (Å²) in [6.45, 7) is 6.08. The highest BCUT2D eigenvalue weighted by molar-refractivity contribution is 5.58. The van der Waals surface area contributed by atoms with Crippen LogP contribution in [0.25, 0.3) is 0 Å². The number of hydrogen-bond acceptors (Lipinski definition) is 2. The lowest BCUT2D eigenvalue weighted by Gasteiger charge is -2.04. The molecule has 0 rings (SSSR count). The molecule has 0 amide bonds. The molecular formula is C5H14N3+. The second-order valence-electron chi connectivity index (χ2n) is 2.94. The van der Waals surface area contributed by atoms with Crippen molar-refractivity contribution >= 4 is 6.21 Å². The first-order valence-corrected chi connectivity index (χ1v) is 2.56. The number of nitrogens with two attached hydrogens (primary N) is 2. The van der Waals surface area contributed by atoms with Crippen LogP contribution >= 0.6 is 0 Å². The van der Waals surface area contributed by atoms with Crippen LogP contribution in [0.3, 0.4) is 0 Å². The van der Waals surface area contributed by atoms with Crippen LogP contribution in [-0.2, 0) is 0 Å². The monoisotopic (exact) mass is 116 g/mol. The van der Waals surface area contributed by atoms with Crippen molar-refractivity contribution in [1.29, 1.82) is 0 Å². The zero-order valence-corrected chi connectivity index (χ0v) is 5.68. The lowest BCUT2D eigenvalue weighted by molar-refractivity contribution is -0.549. The van der Waals surface area contributed by atoms with Gasteiger partial charge in [0.25, 0.3) is 0 Å². The van der Waals surface area contributed by atoms with Crippen molar-refractivity contribution in [3.05, 3.63) is 0 Å². The van der Waals surface area contributed by atoms with Gasteiger partial charge < -0.3 is 0 Å². The second kappa shape index (κ2) is 2.03. The van der Waals surface area contributed by atoms with E-state index in [4.69, 9.17) is 11.7 Å². The van der Waals surface area contributed by atoms with E-state index in [1.165, 1.54) is 0 Å². The zero-order chi connectivity index (χ0) is 6.78. The Morgan fingerprint density at radius 3 is 1.62 bits per heavy atom. The molecule has 3 nitrogen and oxygen atoms in total. The van der Waals surface area contributed by atoms with E-state index in [1.54, 1.807) is 6.21 Å². The van der Waals surface area contributed by atoms with Crippen LogP contribution in [0.1, 0.15) is 20.8 Å². The number of hydrazine groups is 2. The van der Waals surface area contributed by atoms with Crippen molar-refractivity contribution in [3.63, 3.8) is 0 Å². The summed E-state index contributed by atoms with van der Waals surface area (Å²) >= 11 is 0. The first-order valence-electron chi connectivity index (χ1n) is 2.56. The smallest absolute Gasteiger partial charge is 0.183 e. The van der Waals surface area contributed by atoms with Crippen LogP contribution in [0.5, 0.6) is 0 Å². The summed E-state index contributed by atoms with van der Waals surface area (Å²) in [6.07, 6.45) is 1.74. The molecule has 0 bridgehead atoms. The molecule has 0 aromatic heterocycles. The predicted octanol–water partition coefficient (Wildman–Crippen LogP) is -0.137. The summed E-state index contributed by atoms with van der Waals surface area (Å²) in [7, 11) is 0. The Bertz CT molecular complexity index is 94.7. The van der Waals surface area contributed by atoms with E-state index in [0.717, 1.165) is 4.79 Å². The minimum atomic E-state index is 0.0729. The van der Waals surface area contributed by atoms with Gasteiger partial charge >= 0.3 is 0 Å². The lowest BCUT2D eigenvalue weighted by atomic mass is 9.99. The number of nitrogens with zero attached hydrogens (tertiary/aromatic N) is 1. The highest BCUT2D eigenvalue weighted by Crippen LogP contribution is 2.06. The third-order valence-electron chi connectivity index (χ3n) is 0.536. The van der Waals surface area contributed by atoms with Gasteiger partial charge in [0.15, 0.2) is 0 Å². The molecule has 0 radical (unpaired) electrons. The Hall–Kier alpha value is -0.730. The molecule has 0 unspecified atom stereocenters. The van der Waals surface area contributed by atoms with Crippen molar-refractivity contribution in [2.45, 2.75) is 20.8 Å². The van der Waals surface area contributed by atoms with Gasteiger partial charge in [-0.05, 0) is 4.79 Å². The van der Waals surface area contributed by atoms with E-state index in [9.17, 15) is 0 Å². The minimum Gasteiger partial charge on any atom is -0.183 e.